The molecule has 0 N–H and O–H groups in total. The lowest BCUT2D eigenvalue weighted by molar-refractivity contribution is -0.145. The highest BCUT2D eigenvalue weighted by molar-refractivity contribution is 6.17. The number of esters is 1. The predicted octanol–water partition coefficient (Wildman–Crippen LogP) is 4.04. The van der Waals surface area contributed by atoms with Gasteiger partial charge in [0.15, 0.2) is 0 Å². The van der Waals surface area contributed by atoms with Gasteiger partial charge in [-0.2, -0.15) is 0 Å². The van der Waals surface area contributed by atoms with Crippen molar-refractivity contribution in [3.63, 3.8) is 0 Å². The van der Waals surface area contributed by atoms with Crippen LogP contribution in [0.2, 0.25) is 0 Å². The Labute approximate surface area is 241 Å². The predicted molar refractivity (Wildman–Crippen MR) is 151 cm³/mol. The van der Waals surface area contributed by atoms with E-state index < -0.39 is 0 Å². The molecule has 39 heavy (non-hydrogen) atoms. The molecule has 0 saturated carbocycles. The molecule has 0 amide bonds. The van der Waals surface area contributed by atoms with Crippen molar-refractivity contribution in [2.45, 2.75) is 58.3 Å². The number of carbonyl (C=O) groups is 1. The van der Waals surface area contributed by atoms with Gasteiger partial charge in [-0.1, -0.05) is 45.4 Å². The van der Waals surface area contributed by atoms with Crippen molar-refractivity contribution in [2.24, 2.45) is 0 Å². The molecule has 0 aliphatic carbocycles. The third-order valence-electron chi connectivity index (χ3n) is 5.30. The Hall–Kier alpha value is -0.560. The molecule has 0 bridgehead atoms. The Bertz CT molecular complexity index is 474. The van der Waals surface area contributed by atoms with E-state index in [1.165, 1.54) is 32.1 Å². The third-order valence-corrected chi connectivity index (χ3v) is 5.46. The van der Waals surface area contributed by atoms with Crippen LogP contribution in [0.15, 0.2) is 0 Å². The van der Waals surface area contributed by atoms with Crippen LogP contribution in [-0.4, -0.2) is 124 Å². The van der Waals surface area contributed by atoms with Crippen LogP contribution in [0.3, 0.4) is 0 Å². The SMILES string of the molecule is CCCCCCCCCC(=O)OCCOCCOCCOCCOCCOCCOCCOCCOCCCl. The van der Waals surface area contributed by atoms with Crippen LogP contribution in [0.5, 0.6) is 0 Å². The van der Waals surface area contributed by atoms with Gasteiger partial charge in [-0.3, -0.25) is 4.79 Å². The molecular weight excluding hydrogens is 532 g/mol. The number of halogens is 1. The van der Waals surface area contributed by atoms with Crippen LogP contribution in [0.1, 0.15) is 58.3 Å². The summed E-state index contributed by atoms with van der Waals surface area (Å²) in [4.78, 5) is 11.7. The summed E-state index contributed by atoms with van der Waals surface area (Å²) in [6, 6.07) is 0. The summed E-state index contributed by atoms with van der Waals surface area (Å²) in [7, 11) is 0. The van der Waals surface area contributed by atoms with Gasteiger partial charge in [-0.05, 0) is 6.42 Å². The van der Waals surface area contributed by atoms with Crippen molar-refractivity contribution < 1.29 is 47.4 Å². The van der Waals surface area contributed by atoms with Gasteiger partial charge in [0, 0.05) is 12.3 Å². The smallest absolute Gasteiger partial charge is 0.305 e. The van der Waals surface area contributed by atoms with E-state index in [9.17, 15) is 4.79 Å². The molecule has 0 unspecified atom stereocenters. The largest absolute Gasteiger partial charge is 0.463 e. The van der Waals surface area contributed by atoms with Gasteiger partial charge < -0.3 is 42.6 Å². The standard InChI is InChI=1S/C28H55ClO10/c1-2-3-4-5-6-7-8-9-28(30)39-27-26-38-25-24-37-23-22-36-21-20-35-19-18-34-17-16-33-15-14-32-13-12-31-11-10-29/h2-27H2,1H3. The van der Waals surface area contributed by atoms with E-state index in [2.05, 4.69) is 6.92 Å². The van der Waals surface area contributed by atoms with Crippen LogP contribution in [0, 0.1) is 0 Å². The van der Waals surface area contributed by atoms with Gasteiger partial charge in [-0.25, -0.2) is 0 Å². The minimum Gasteiger partial charge on any atom is -0.463 e. The third kappa shape index (κ3) is 35.4. The molecule has 0 saturated heterocycles. The molecule has 0 aliphatic heterocycles. The van der Waals surface area contributed by atoms with E-state index in [1.54, 1.807) is 0 Å². The molecule has 0 aliphatic rings. The van der Waals surface area contributed by atoms with Crippen LogP contribution < -0.4 is 0 Å². The van der Waals surface area contributed by atoms with E-state index in [-0.39, 0.29) is 5.97 Å². The number of unbranched alkanes of at least 4 members (excludes halogenated alkanes) is 6. The minimum atomic E-state index is -0.138. The molecule has 0 radical (unpaired) electrons. The fraction of sp³-hybridized carbons (Fsp3) is 0.964. The number of hydrogen-bond donors (Lipinski definition) is 0. The maximum atomic E-state index is 11.7. The van der Waals surface area contributed by atoms with Crippen LogP contribution in [0.25, 0.3) is 0 Å². The van der Waals surface area contributed by atoms with Crippen molar-refractivity contribution in [3.05, 3.63) is 0 Å². The van der Waals surface area contributed by atoms with Crippen LogP contribution >= 0.6 is 11.6 Å². The molecule has 0 heterocycles. The average molecular weight is 587 g/mol. The number of alkyl halides is 1. The van der Waals surface area contributed by atoms with Gasteiger partial charge in [0.05, 0.1) is 106 Å². The molecule has 0 aromatic rings. The van der Waals surface area contributed by atoms with Crippen molar-refractivity contribution >= 4 is 17.6 Å². The average Bonchev–Trinajstić information content (AvgIpc) is 2.94. The molecule has 0 spiro atoms. The van der Waals surface area contributed by atoms with Crippen molar-refractivity contribution in [1.82, 2.24) is 0 Å². The van der Waals surface area contributed by atoms with Gasteiger partial charge in [0.1, 0.15) is 6.61 Å². The van der Waals surface area contributed by atoms with Crippen LogP contribution in [-0.2, 0) is 47.4 Å². The summed E-state index contributed by atoms with van der Waals surface area (Å²) in [6.45, 7) is 10.6. The first kappa shape index (κ1) is 38.4. The van der Waals surface area contributed by atoms with Crippen molar-refractivity contribution in [2.75, 3.05) is 118 Å². The normalized spacial score (nSPS) is 11.3. The monoisotopic (exact) mass is 586 g/mol. The van der Waals surface area contributed by atoms with Gasteiger partial charge in [0.25, 0.3) is 0 Å². The Morgan fingerprint density at radius 1 is 0.436 bits per heavy atom. The van der Waals surface area contributed by atoms with Gasteiger partial charge in [-0.15, -0.1) is 11.6 Å². The lowest BCUT2D eigenvalue weighted by atomic mass is 10.1. The zero-order chi connectivity index (χ0) is 28.3. The summed E-state index contributed by atoms with van der Waals surface area (Å²) < 4.78 is 48.3. The van der Waals surface area contributed by atoms with Crippen molar-refractivity contribution in [3.8, 4) is 0 Å². The molecule has 0 aromatic heterocycles. The van der Waals surface area contributed by atoms with E-state index in [1.807, 2.05) is 0 Å². The Balaban J connectivity index is 3.09. The highest BCUT2D eigenvalue weighted by Gasteiger charge is 2.02. The first-order chi connectivity index (χ1) is 19.3. The van der Waals surface area contributed by atoms with Gasteiger partial charge in [0.2, 0.25) is 0 Å². The second-order valence-electron chi connectivity index (χ2n) is 8.68. The summed E-state index contributed by atoms with van der Waals surface area (Å²) in [5.74, 6) is 0.360. The minimum absolute atomic E-state index is 0.138. The quantitative estimate of drug-likeness (QED) is 0.0624. The molecule has 234 valence electrons. The Morgan fingerprint density at radius 3 is 1.10 bits per heavy atom. The summed E-state index contributed by atoms with van der Waals surface area (Å²) in [5.41, 5.74) is 0. The maximum absolute atomic E-state index is 11.7. The molecule has 0 aromatic carbocycles. The fourth-order valence-electron chi connectivity index (χ4n) is 3.21. The van der Waals surface area contributed by atoms with Gasteiger partial charge >= 0.3 is 5.97 Å². The van der Waals surface area contributed by atoms with Crippen molar-refractivity contribution in [1.29, 1.82) is 0 Å². The Morgan fingerprint density at radius 2 is 0.744 bits per heavy atom. The molecule has 11 heteroatoms. The zero-order valence-corrected chi connectivity index (χ0v) is 25.1. The number of hydrogen-bond acceptors (Lipinski definition) is 10. The first-order valence-electron chi connectivity index (χ1n) is 14.6. The fourth-order valence-corrected chi connectivity index (χ4v) is 3.32. The summed E-state index contributed by atoms with van der Waals surface area (Å²) in [6.07, 6.45) is 8.82. The molecule has 0 rings (SSSR count). The highest BCUT2D eigenvalue weighted by atomic mass is 35.5. The van der Waals surface area contributed by atoms with E-state index in [0.29, 0.717) is 125 Å². The Kier molecular flexibility index (Phi) is 35.0. The van der Waals surface area contributed by atoms with E-state index >= 15 is 0 Å². The molecule has 0 fully saturated rings. The first-order valence-corrected chi connectivity index (χ1v) is 15.2. The van der Waals surface area contributed by atoms with E-state index in [0.717, 1.165) is 12.8 Å². The number of ether oxygens (including phenoxy) is 9. The molecule has 10 nitrogen and oxygen atoms in total. The number of carbonyl (C=O) groups excluding carboxylic acids is 1. The second-order valence-corrected chi connectivity index (χ2v) is 9.06. The van der Waals surface area contributed by atoms with Crippen LogP contribution in [0.4, 0.5) is 0 Å². The maximum Gasteiger partial charge on any atom is 0.305 e. The highest BCUT2D eigenvalue weighted by Crippen LogP contribution is 2.08. The molecular formula is C28H55ClO10. The topological polar surface area (TPSA) is 100 Å². The number of rotatable bonds is 34. The molecule has 0 atom stereocenters. The summed E-state index contributed by atoms with van der Waals surface area (Å²) in [5, 5.41) is 0. The lowest BCUT2D eigenvalue weighted by Gasteiger charge is -2.09. The summed E-state index contributed by atoms with van der Waals surface area (Å²) >= 11 is 5.50. The second kappa shape index (κ2) is 35.5. The zero-order valence-electron chi connectivity index (χ0n) is 24.3. The van der Waals surface area contributed by atoms with E-state index in [4.69, 9.17) is 54.2 Å². The lowest BCUT2D eigenvalue weighted by Crippen LogP contribution is -2.15.